The summed E-state index contributed by atoms with van der Waals surface area (Å²) < 4.78 is 23.7. The second-order valence-electron chi connectivity index (χ2n) is 12.6. The normalized spacial score (nSPS) is 19.2. The molecule has 0 radical (unpaired) electrons. The summed E-state index contributed by atoms with van der Waals surface area (Å²) in [5.41, 5.74) is 0.865. The highest BCUT2D eigenvalue weighted by atomic mass is 31.2. The minimum Gasteiger partial charge on any atom is -0.480 e. The third kappa shape index (κ3) is 12.9. The summed E-state index contributed by atoms with van der Waals surface area (Å²) >= 11 is 0. The van der Waals surface area contributed by atoms with E-state index in [1.165, 1.54) is 6.92 Å². The SMILES string of the molecule is CCCCC(CP(=O)(O)O[C@@H](C)C(=O)N1CCC[C@H]1C(=O)O)NC(=O)[C@H](CCCCNC(=O)OCc1ccccc1)NC(=O)C1CCC1. The van der Waals surface area contributed by atoms with Crippen molar-refractivity contribution in [3.05, 3.63) is 35.9 Å². The highest BCUT2D eigenvalue weighted by molar-refractivity contribution is 7.52. The Hall–Kier alpha value is -3.48. The molecule has 1 aliphatic carbocycles. The minimum atomic E-state index is -4.42. The fourth-order valence-corrected chi connectivity index (χ4v) is 7.26. The third-order valence-electron chi connectivity index (χ3n) is 8.71. The Balaban J connectivity index is 1.54. The Labute approximate surface area is 282 Å². The number of rotatable bonds is 20. The van der Waals surface area contributed by atoms with Crippen molar-refractivity contribution < 1.29 is 47.8 Å². The van der Waals surface area contributed by atoms with Crippen LogP contribution in [-0.2, 0) is 39.6 Å². The molecule has 1 aliphatic heterocycles. The van der Waals surface area contributed by atoms with Crippen LogP contribution >= 0.6 is 7.60 Å². The Morgan fingerprint density at radius 1 is 1.00 bits per heavy atom. The monoisotopic (exact) mass is 694 g/mol. The van der Waals surface area contributed by atoms with Gasteiger partial charge in [0.25, 0.3) is 5.91 Å². The molecule has 4 amide bonds. The highest BCUT2D eigenvalue weighted by Gasteiger charge is 2.39. The molecule has 1 aromatic carbocycles. The number of carbonyl (C=O) groups excluding carboxylic acids is 4. The second-order valence-corrected chi connectivity index (χ2v) is 14.5. The Bertz CT molecular complexity index is 1280. The van der Waals surface area contributed by atoms with Gasteiger partial charge in [0.05, 0.1) is 6.16 Å². The smallest absolute Gasteiger partial charge is 0.407 e. The number of alkyl carbamates (subject to hydrolysis) is 1. The molecule has 2 unspecified atom stereocenters. The van der Waals surface area contributed by atoms with Crippen LogP contribution in [0.3, 0.4) is 0 Å². The summed E-state index contributed by atoms with van der Waals surface area (Å²) in [6.07, 6.45) is 3.94. The minimum absolute atomic E-state index is 0.145. The summed E-state index contributed by atoms with van der Waals surface area (Å²) in [5.74, 6) is -2.68. The number of unbranched alkanes of at least 4 members (excludes halogenated alkanes) is 2. The summed E-state index contributed by atoms with van der Waals surface area (Å²) in [4.78, 5) is 74.7. The predicted molar refractivity (Wildman–Crippen MR) is 177 cm³/mol. The fourth-order valence-electron chi connectivity index (χ4n) is 5.76. The van der Waals surface area contributed by atoms with Gasteiger partial charge in [0.15, 0.2) is 0 Å². The largest absolute Gasteiger partial charge is 0.480 e. The lowest BCUT2D eigenvalue weighted by Crippen LogP contribution is -2.52. The van der Waals surface area contributed by atoms with E-state index >= 15 is 0 Å². The van der Waals surface area contributed by atoms with Crippen LogP contribution in [0.4, 0.5) is 4.79 Å². The summed E-state index contributed by atoms with van der Waals surface area (Å²) in [6.45, 7) is 3.93. The van der Waals surface area contributed by atoms with Crippen molar-refractivity contribution >= 4 is 37.4 Å². The average Bonchev–Trinajstić information content (AvgIpc) is 3.51. The van der Waals surface area contributed by atoms with E-state index in [-0.39, 0.29) is 31.4 Å². The molecule has 2 fully saturated rings. The quantitative estimate of drug-likeness (QED) is 0.0990. The van der Waals surface area contributed by atoms with Crippen LogP contribution < -0.4 is 16.0 Å². The topological polar surface area (TPSA) is 201 Å². The molecular weight excluding hydrogens is 643 g/mol. The standard InChI is InChI=1S/C33H51N4O10P/c1-3-4-16-26(22-48(44,45)47-23(2)31(40)37-20-11-18-28(37)32(41)42)35-30(39)27(36-29(38)25-14-10-15-25)17-8-9-19-34-33(43)46-21-24-12-6-5-7-13-24/h5-7,12-13,23,25-28H,3-4,8-11,14-22H2,1-2H3,(H,34,43)(H,35,39)(H,36,38)(H,41,42)(H,44,45)/t23-,26?,27-,28-/m0/s1. The lowest BCUT2D eigenvalue weighted by molar-refractivity contribution is -0.151. The maximum Gasteiger partial charge on any atom is 0.407 e. The molecule has 0 bridgehead atoms. The molecule has 15 heteroatoms. The van der Waals surface area contributed by atoms with Gasteiger partial charge >= 0.3 is 19.7 Å². The molecule has 1 saturated heterocycles. The Morgan fingerprint density at radius 3 is 2.38 bits per heavy atom. The van der Waals surface area contributed by atoms with Crippen molar-refractivity contribution in [2.75, 3.05) is 19.3 Å². The number of nitrogens with one attached hydrogen (secondary N) is 3. The highest BCUT2D eigenvalue weighted by Crippen LogP contribution is 2.45. The number of hydrogen-bond donors (Lipinski definition) is 5. The van der Waals surface area contributed by atoms with Crippen molar-refractivity contribution in [2.24, 2.45) is 5.92 Å². The lowest BCUT2D eigenvalue weighted by atomic mass is 9.84. The van der Waals surface area contributed by atoms with Gasteiger partial charge in [-0.2, -0.15) is 0 Å². The zero-order valence-corrected chi connectivity index (χ0v) is 28.8. The van der Waals surface area contributed by atoms with Crippen molar-refractivity contribution in [2.45, 2.75) is 115 Å². The molecule has 268 valence electrons. The Kier molecular flexibility index (Phi) is 15.8. The molecule has 0 spiro atoms. The number of amides is 4. The van der Waals surface area contributed by atoms with Gasteiger partial charge in [0, 0.05) is 25.0 Å². The predicted octanol–water partition coefficient (Wildman–Crippen LogP) is 3.71. The molecular formula is C33H51N4O10P. The molecule has 48 heavy (non-hydrogen) atoms. The van der Waals surface area contributed by atoms with Gasteiger partial charge in [-0.1, -0.05) is 56.5 Å². The van der Waals surface area contributed by atoms with Gasteiger partial charge in [-0.25, -0.2) is 9.59 Å². The van der Waals surface area contributed by atoms with Gasteiger partial charge in [0.2, 0.25) is 11.8 Å². The van der Waals surface area contributed by atoms with Crippen molar-refractivity contribution in [1.29, 1.82) is 0 Å². The number of likely N-dealkylation sites (tertiary alicyclic amines) is 1. The summed E-state index contributed by atoms with van der Waals surface area (Å²) in [5, 5.41) is 17.8. The first-order chi connectivity index (χ1) is 22.9. The molecule has 5 N–H and O–H groups in total. The van der Waals surface area contributed by atoms with Crippen LogP contribution in [0.25, 0.3) is 0 Å². The first-order valence-electron chi connectivity index (χ1n) is 17.0. The molecule has 1 saturated carbocycles. The van der Waals surface area contributed by atoms with Gasteiger partial charge in [-0.05, 0) is 63.9 Å². The summed E-state index contributed by atoms with van der Waals surface area (Å²) in [6, 6.07) is 6.61. The van der Waals surface area contributed by atoms with Crippen molar-refractivity contribution in [3.63, 3.8) is 0 Å². The van der Waals surface area contributed by atoms with E-state index in [1.807, 2.05) is 37.3 Å². The van der Waals surface area contributed by atoms with E-state index in [2.05, 4.69) is 16.0 Å². The molecule has 2 aliphatic rings. The van der Waals surface area contributed by atoms with E-state index in [0.717, 1.165) is 36.1 Å². The lowest BCUT2D eigenvalue weighted by Gasteiger charge is -2.29. The third-order valence-corrected chi connectivity index (χ3v) is 10.3. The van der Waals surface area contributed by atoms with Gasteiger partial charge < -0.3 is 35.6 Å². The van der Waals surface area contributed by atoms with E-state index in [9.17, 15) is 38.5 Å². The number of nitrogens with zero attached hydrogens (tertiary/aromatic N) is 1. The van der Waals surface area contributed by atoms with Crippen molar-refractivity contribution in [3.8, 4) is 0 Å². The molecule has 14 nitrogen and oxygen atoms in total. The average molecular weight is 695 g/mol. The Morgan fingerprint density at radius 2 is 1.73 bits per heavy atom. The molecule has 5 atom stereocenters. The van der Waals surface area contributed by atoms with Gasteiger partial charge in [0.1, 0.15) is 24.8 Å². The van der Waals surface area contributed by atoms with E-state index < -0.39 is 61.9 Å². The van der Waals surface area contributed by atoms with E-state index in [1.54, 1.807) is 0 Å². The number of benzene rings is 1. The molecule has 3 rings (SSSR count). The van der Waals surface area contributed by atoms with Crippen LogP contribution in [0.2, 0.25) is 0 Å². The number of carboxylic acids is 1. The number of ether oxygens (including phenoxy) is 1. The number of carboxylic acid groups (broad SMARTS) is 1. The first kappa shape index (κ1) is 39.0. The maximum atomic E-state index is 13.5. The van der Waals surface area contributed by atoms with Gasteiger partial charge in [-0.3, -0.25) is 23.5 Å². The number of aliphatic carboxylic acids is 1. The zero-order chi connectivity index (χ0) is 35.1. The molecule has 1 heterocycles. The zero-order valence-electron chi connectivity index (χ0n) is 27.9. The van der Waals surface area contributed by atoms with Crippen molar-refractivity contribution in [1.82, 2.24) is 20.9 Å². The van der Waals surface area contributed by atoms with Crippen LogP contribution in [0.15, 0.2) is 30.3 Å². The first-order valence-corrected chi connectivity index (χ1v) is 18.7. The van der Waals surface area contributed by atoms with Crippen LogP contribution in [0.5, 0.6) is 0 Å². The van der Waals surface area contributed by atoms with Crippen LogP contribution in [-0.4, -0.2) is 88.2 Å². The van der Waals surface area contributed by atoms with E-state index in [0.29, 0.717) is 45.1 Å². The number of hydrogen-bond acceptors (Lipinski definition) is 8. The number of carbonyl (C=O) groups is 5. The molecule has 0 aromatic heterocycles. The van der Waals surface area contributed by atoms with Gasteiger partial charge in [-0.15, -0.1) is 0 Å². The maximum absolute atomic E-state index is 13.5. The fraction of sp³-hybridized carbons (Fsp3) is 0.667. The second kappa shape index (κ2) is 19.5. The van der Waals surface area contributed by atoms with E-state index in [4.69, 9.17) is 9.26 Å². The molecule has 1 aromatic rings. The summed E-state index contributed by atoms with van der Waals surface area (Å²) in [7, 11) is -4.42. The van der Waals surface area contributed by atoms with Crippen LogP contribution in [0.1, 0.15) is 90.0 Å². The van der Waals surface area contributed by atoms with Crippen LogP contribution in [0, 0.1) is 5.92 Å².